The molecule has 0 fully saturated rings. The third-order valence-corrected chi connectivity index (χ3v) is 4.81. The first-order chi connectivity index (χ1) is 11.1. The van der Waals surface area contributed by atoms with E-state index in [-0.39, 0.29) is 18.0 Å². The fraction of sp³-hybridized carbons (Fsp3) is 0.0625. The van der Waals surface area contributed by atoms with Gasteiger partial charge in [-0.05, 0) is 17.7 Å². The molecule has 3 aromatic rings. The fourth-order valence-electron chi connectivity index (χ4n) is 2.97. The molecule has 1 aliphatic heterocycles. The topological polar surface area (TPSA) is 79.2 Å². The number of amides is 1. The van der Waals surface area contributed by atoms with Gasteiger partial charge < -0.3 is 4.98 Å². The minimum Gasteiger partial charge on any atom is -0.354 e. The number of anilines is 1. The van der Waals surface area contributed by atoms with Crippen molar-refractivity contribution < 1.29 is 9.72 Å². The highest BCUT2D eigenvalue weighted by Crippen LogP contribution is 2.41. The molecule has 0 unspecified atom stereocenters. The zero-order valence-electron chi connectivity index (χ0n) is 11.7. The lowest BCUT2D eigenvalue weighted by atomic mass is 10.0. The summed E-state index contributed by atoms with van der Waals surface area (Å²) in [6, 6.07) is 12.2. The molecule has 0 spiro atoms. The second kappa shape index (κ2) is 4.92. The Kier molecular flexibility index (Phi) is 2.99. The molecule has 1 N–H and O–H groups in total. The van der Waals surface area contributed by atoms with Gasteiger partial charge in [-0.3, -0.25) is 14.9 Å². The van der Waals surface area contributed by atoms with Gasteiger partial charge in [0.05, 0.1) is 38.9 Å². The number of rotatable bonds is 1. The minimum atomic E-state index is -0.428. The summed E-state index contributed by atoms with van der Waals surface area (Å²) in [4.78, 5) is 26.3. The molecule has 1 amide bonds. The standard InChI is InChI=1S/C16H10BrN3O3/c17-19-14-4-2-1-3-10(14)16-12(8-15(19)21)11-7-9(20(22)23)5-6-13(11)18-16/h1-7,18H,8H2. The third-order valence-electron chi connectivity index (χ3n) is 4.03. The van der Waals surface area contributed by atoms with Crippen LogP contribution in [0.15, 0.2) is 42.5 Å². The third kappa shape index (κ3) is 2.04. The molecule has 0 aliphatic carbocycles. The molecule has 0 saturated carbocycles. The normalized spacial score (nSPS) is 13.6. The molecule has 4 rings (SSSR count). The number of hydrogen-bond donors (Lipinski definition) is 1. The number of nitro groups is 1. The number of nitro benzene ring substituents is 1. The highest BCUT2D eigenvalue weighted by molar-refractivity contribution is 9.10. The van der Waals surface area contributed by atoms with Crippen LogP contribution < -0.4 is 3.93 Å². The first kappa shape index (κ1) is 14.0. The molecule has 114 valence electrons. The maximum Gasteiger partial charge on any atom is 0.270 e. The lowest BCUT2D eigenvalue weighted by Crippen LogP contribution is -2.20. The largest absolute Gasteiger partial charge is 0.354 e. The number of fused-ring (bicyclic) bond motifs is 5. The van der Waals surface area contributed by atoms with Gasteiger partial charge in [0.2, 0.25) is 5.91 Å². The van der Waals surface area contributed by atoms with Crippen LogP contribution in [0.4, 0.5) is 11.4 Å². The SMILES string of the molecule is O=C1Cc2c([nH]c3ccc([N+](=O)[O-])cc23)-c2ccccc2N1Br. The Labute approximate surface area is 139 Å². The fourth-order valence-corrected chi connectivity index (χ4v) is 3.41. The number of carbonyl (C=O) groups is 1. The van der Waals surface area contributed by atoms with Crippen LogP contribution >= 0.6 is 16.1 Å². The summed E-state index contributed by atoms with van der Waals surface area (Å²) in [5.74, 6) is -0.122. The van der Waals surface area contributed by atoms with Gasteiger partial charge in [0.25, 0.3) is 5.69 Å². The molecule has 23 heavy (non-hydrogen) atoms. The molecule has 0 radical (unpaired) electrons. The van der Waals surface area contributed by atoms with Crippen LogP contribution in [0.1, 0.15) is 5.56 Å². The number of aromatic amines is 1. The van der Waals surface area contributed by atoms with E-state index >= 15 is 0 Å². The highest BCUT2D eigenvalue weighted by Gasteiger charge is 2.27. The van der Waals surface area contributed by atoms with Gasteiger partial charge in [-0.25, -0.2) is 3.93 Å². The number of para-hydroxylation sites is 1. The van der Waals surface area contributed by atoms with Crippen molar-refractivity contribution in [2.45, 2.75) is 6.42 Å². The van der Waals surface area contributed by atoms with Crippen LogP contribution in [0.2, 0.25) is 0 Å². The van der Waals surface area contributed by atoms with Crippen LogP contribution in [0.3, 0.4) is 0 Å². The Balaban J connectivity index is 2.06. The average molecular weight is 372 g/mol. The Morgan fingerprint density at radius 3 is 2.78 bits per heavy atom. The molecule has 2 heterocycles. The number of hydrogen-bond acceptors (Lipinski definition) is 3. The van der Waals surface area contributed by atoms with Gasteiger partial charge in [0, 0.05) is 28.6 Å². The molecule has 6 nitrogen and oxygen atoms in total. The van der Waals surface area contributed by atoms with Crippen molar-refractivity contribution in [3.8, 4) is 11.3 Å². The number of halogens is 1. The lowest BCUT2D eigenvalue weighted by Gasteiger charge is -2.14. The number of nitrogens with zero attached hydrogens (tertiary/aromatic N) is 2. The zero-order valence-corrected chi connectivity index (χ0v) is 13.3. The van der Waals surface area contributed by atoms with E-state index in [2.05, 4.69) is 21.1 Å². The van der Waals surface area contributed by atoms with Crippen molar-refractivity contribution >= 4 is 44.3 Å². The van der Waals surface area contributed by atoms with E-state index in [4.69, 9.17) is 0 Å². The van der Waals surface area contributed by atoms with E-state index in [0.717, 1.165) is 28.0 Å². The van der Waals surface area contributed by atoms with Gasteiger partial charge in [-0.15, -0.1) is 0 Å². The summed E-state index contributed by atoms with van der Waals surface area (Å²) < 4.78 is 1.44. The molecule has 2 aromatic carbocycles. The number of H-pyrrole nitrogens is 1. The molecular weight excluding hydrogens is 362 g/mol. The maximum atomic E-state index is 12.4. The number of carbonyl (C=O) groups excluding carboxylic acids is 1. The molecule has 1 aliphatic rings. The van der Waals surface area contributed by atoms with Crippen molar-refractivity contribution in [1.82, 2.24) is 4.98 Å². The summed E-state index contributed by atoms with van der Waals surface area (Å²) in [6.07, 6.45) is 0.163. The Bertz CT molecular complexity index is 980. The molecule has 7 heteroatoms. The lowest BCUT2D eigenvalue weighted by molar-refractivity contribution is -0.384. The summed E-state index contributed by atoms with van der Waals surface area (Å²) >= 11 is 3.31. The van der Waals surface area contributed by atoms with Crippen molar-refractivity contribution in [1.29, 1.82) is 0 Å². The van der Waals surface area contributed by atoms with Gasteiger partial charge >= 0.3 is 0 Å². The molecule has 1 aromatic heterocycles. The van der Waals surface area contributed by atoms with Crippen LogP contribution in [-0.4, -0.2) is 15.8 Å². The molecule has 0 saturated heterocycles. The predicted octanol–water partition coefficient (Wildman–Crippen LogP) is 3.94. The summed E-state index contributed by atoms with van der Waals surface area (Å²) in [5.41, 5.74) is 4.03. The first-order valence-electron chi connectivity index (χ1n) is 6.93. The smallest absolute Gasteiger partial charge is 0.270 e. The number of nitrogens with one attached hydrogen (secondary N) is 1. The van der Waals surface area contributed by atoms with Crippen molar-refractivity contribution in [3.05, 3.63) is 58.1 Å². The van der Waals surface area contributed by atoms with E-state index < -0.39 is 4.92 Å². The number of benzene rings is 2. The van der Waals surface area contributed by atoms with Crippen LogP contribution in [0.5, 0.6) is 0 Å². The summed E-state index contributed by atoms with van der Waals surface area (Å²) in [6.45, 7) is 0. The molecule has 0 atom stereocenters. The second-order valence-corrected chi connectivity index (χ2v) is 6.04. The Morgan fingerprint density at radius 1 is 1.22 bits per heavy atom. The number of aromatic nitrogens is 1. The van der Waals surface area contributed by atoms with Crippen molar-refractivity contribution in [2.75, 3.05) is 3.93 Å². The Hall–Kier alpha value is -2.67. The van der Waals surface area contributed by atoms with E-state index in [0.29, 0.717) is 5.39 Å². The zero-order chi connectivity index (χ0) is 16.1. The van der Waals surface area contributed by atoms with E-state index in [1.54, 1.807) is 6.07 Å². The van der Waals surface area contributed by atoms with Crippen LogP contribution in [-0.2, 0) is 11.2 Å². The predicted molar refractivity (Wildman–Crippen MR) is 90.5 cm³/mol. The first-order valence-corrected chi connectivity index (χ1v) is 7.64. The summed E-state index contributed by atoms with van der Waals surface area (Å²) in [5, 5.41) is 11.7. The van der Waals surface area contributed by atoms with Gasteiger partial charge in [0.15, 0.2) is 0 Å². The minimum absolute atomic E-state index is 0.0139. The average Bonchev–Trinajstić information content (AvgIpc) is 2.87. The van der Waals surface area contributed by atoms with Crippen molar-refractivity contribution in [3.63, 3.8) is 0 Å². The highest BCUT2D eigenvalue weighted by atomic mass is 79.9. The van der Waals surface area contributed by atoms with E-state index in [1.165, 1.54) is 16.1 Å². The van der Waals surface area contributed by atoms with Gasteiger partial charge in [0.1, 0.15) is 0 Å². The van der Waals surface area contributed by atoms with E-state index in [9.17, 15) is 14.9 Å². The van der Waals surface area contributed by atoms with Gasteiger partial charge in [-0.2, -0.15) is 0 Å². The second-order valence-electron chi connectivity index (χ2n) is 5.33. The maximum absolute atomic E-state index is 12.4. The van der Waals surface area contributed by atoms with Crippen molar-refractivity contribution in [2.24, 2.45) is 0 Å². The quantitative estimate of drug-likeness (QED) is 0.399. The van der Waals surface area contributed by atoms with E-state index in [1.807, 2.05) is 24.3 Å². The Morgan fingerprint density at radius 2 is 2.00 bits per heavy atom. The monoisotopic (exact) mass is 371 g/mol. The van der Waals surface area contributed by atoms with Gasteiger partial charge in [-0.1, -0.05) is 18.2 Å². The van der Waals surface area contributed by atoms with Crippen LogP contribution in [0, 0.1) is 10.1 Å². The molecular formula is C16H10BrN3O3. The molecule has 0 bridgehead atoms. The summed E-state index contributed by atoms with van der Waals surface area (Å²) in [7, 11) is 0. The van der Waals surface area contributed by atoms with Crippen LogP contribution in [0.25, 0.3) is 22.2 Å². The number of non-ortho nitro benzene ring substituents is 1.